The molecule has 1 aromatic rings. The zero-order chi connectivity index (χ0) is 12.1. The van der Waals surface area contributed by atoms with Crippen molar-refractivity contribution in [3.8, 4) is 0 Å². The van der Waals surface area contributed by atoms with Crippen LogP contribution in [0.15, 0.2) is 30.3 Å². The number of benzene rings is 1. The van der Waals surface area contributed by atoms with Gasteiger partial charge in [0.25, 0.3) is 0 Å². The van der Waals surface area contributed by atoms with Gasteiger partial charge in [-0.2, -0.15) is 0 Å². The van der Waals surface area contributed by atoms with Crippen LogP contribution in [0.1, 0.15) is 37.7 Å². The highest BCUT2D eigenvalue weighted by Gasteiger charge is 2.28. The van der Waals surface area contributed by atoms with Gasteiger partial charge in [-0.05, 0) is 31.5 Å². The Bertz CT molecular complexity index is 325. The van der Waals surface area contributed by atoms with Crippen LogP contribution in [0.25, 0.3) is 0 Å². The quantitative estimate of drug-likeness (QED) is 0.734. The van der Waals surface area contributed by atoms with Gasteiger partial charge in [0.05, 0.1) is 5.38 Å². The van der Waals surface area contributed by atoms with E-state index in [1.54, 1.807) is 0 Å². The highest BCUT2D eigenvalue weighted by molar-refractivity contribution is 6.21. The first kappa shape index (κ1) is 12.9. The number of unbranched alkanes of at least 4 members (excludes halogenated alkanes) is 1. The predicted molar refractivity (Wildman–Crippen MR) is 74.8 cm³/mol. The molecule has 0 spiro atoms. The number of alkyl halides is 1. The third-order valence-corrected chi connectivity index (χ3v) is 4.12. The van der Waals surface area contributed by atoms with Crippen molar-refractivity contribution in [2.45, 2.75) is 37.5 Å². The Labute approximate surface area is 110 Å². The van der Waals surface area contributed by atoms with Crippen LogP contribution >= 0.6 is 11.6 Å². The highest BCUT2D eigenvalue weighted by atomic mass is 35.5. The molecule has 2 unspecified atom stereocenters. The van der Waals surface area contributed by atoms with Crippen LogP contribution in [0.4, 0.5) is 0 Å². The first-order valence-corrected chi connectivity index (χ1v) is 7.16. The maximum absolute atomic E-state index is 6.55. The van der Waals surface area contributed by atoms with Crippen molar-refractivity contribution < 1.29 is 0 Å². The second-order valence-electron chi connectivity index (χ2n) is 4.98. The zero-order valence-corrected chi connectivity index (χ0v) is 11.4. The summed E-state index contributed by atoms with van der Waals surface area (Å²) in [6.45, 7) is 5.69. The summed E-state index contributed by atoms with van der Waals surface area (Å²) in [5.41, 5.74) is 1.41. The molecule has 1 fully saturated rings. The van der Waals surface area contributed by atoms with Crippen molar-refractivity contribution in [3.63, 3.8) is 0 Å². The molecular weight excluding hydrogens is 230 g/mol. The molecule has 1 aliphatic rings. The van der Waals surface area contributed by atoms with E-state index in [9.17, 15) is 0 Å². The Morgan fingerprint density at radius 2 is 2.06 bits per heavy atom. The molecule has 0 saturated carbocycles. The molecule has 0 bridgehead atoms. The van der Waals surface area contributed by atoms with Crippen LogP contribution in [-0.4, -0.2) is 29.9 Å². The van der Waals surface area contributed by atoms with Gasteiger partial charge in [0.2, 0.25) is 0 Å². The third kappa shape index (κ3) is 3.46. The second-order valence-corrected chi connectivity index (χ2v) is 5.54. The fraction of sp³-hybridized carbons (Fsp3) is 0.600. The SMILES string of the molecule is CCCCN1CCC(c2ccccc2)C(Cl)C1. The minimum atomic E-state index is 0.267. The maximum Gasteiger partial charge on any atom is 0.0532 e. The van der Waals surface area contributed by atoms with E-state index in [-0.39, 0.29) is 5.38 Å². The van der Waals surface area contributed by atoms with E-state index in [0.717, 1.165) is 6.54 Å². The smallest absolute Gasteiger partial charge is 0.0532 e. The Kier molecular flexibility index (Phi) is 4.87. The van der Waals surface area contributed by atoms with Crippen molar-refractivity contribution in [1.82, 2.24) is 4.90 Å². The van der Waals surface area contributed by atoms with Crippen LogP contribution in [-0.2, 0) is 0 Å². The molecule has 1 aliphatic heterocycles. The minimum Gasteiger partial charge on any atom is -0.302 e. The number of nitrogens with zero attached hydrogens (tertiary/aromatic N) is 1. The number of hydrogen-bond donors (Lipinski definition) is 0. The van der Waals surface area contributed by atoms with Crippen molar-refractivity contribution in [3.05, 3.63) is 35.9 Å². The van der Waals surface area contributed by atoms with E-state index in [1.165, 1.54) is 37.9 Å². The molecule has 1 saturated heterocycles. The van der Waals surface area contributed by atoms with Crippen LogP contribution in [0.3, 0.4) is 0 Å². The van der Waals surface area contributed by atoms with Crippen molar-refractivity contribution in [2.24, 2.45) is 0 Å². The van der Waals surface area contributed by atoms with Gasteiger partial charge in [-0.1, -0.05) is 43.7 Å². The Morgan fingerprint density at radius 3 is 2.71 bits per heavy atom. The van der Waals surface area contributed by atoms with E-state index in [4.69, 9.17) is 11.6 Å². The predicted octanol–water partition coefficient (Wildman–Crippen LogP) is 3.88. The summed E-state index contributed by atoms with van der Waals surface area (Å²) in [5, 5.41) is 0.267. The lowest BCUT2D eigenvalue weighted by Crippen LogP contribution is -2.40. The largest absolute Gasteiger partial charge is 0.302 e. The molecule has 94 valence electrons. The van der Waals surface area contributed by atoms with Gasteiger partial charge in [0.1, 0.15) is 0 Å². The average molecular weight is 252 g/mol. The summed E-state index contributed by atoms with van der Waals surface area (Å²) in [6, 6.07) is 10.7. The van der Waals surface area contributed by atoms with Gasteiger partial charge in [0.15, 0.2) is 0 Å². The molecule has 0 N–H and O–H groups in total. The summed E-state index contributed by atoms with van der Waals surface area (Å²) >= 11 is 6.55. The fourth-order valence-electron chi connectivity index (χ4n) is 2.63. The number of halogens is 1. The van der Waals surface area contributed by atoms with Gasteiger partial charge in [-0.25, -0.2) is 0 Å². The summed E-state index contributed by atoms with van der Waals surface area (Å²) in [5.74, 6) is 0.538. The van der Waals surface area contributed by atoms with E-state index < -0.39 is 0 Å². The normalized spacial score (nSPS) is 26.0. The Balaban J connectivity index is 1.92. The maximum atomic E-state index is 6.55. The zero-order valence-electron chi connectivity index (χ0n) is 10.6. The van der Waals surface area contributed by atoms with E-state index in [2.05, 4.69) is 42.2 Å². The number of hydrogen-bond acceptors (Lipinski definition) is 1. The van der Waals surface area contributed by atoms with Gasteiger partial charge < -0.3 is 4.90 Å². The number of piperidine rings is 1. The fourth-order valence-corrected chi connectivity index (χ4v) is 3.09. The van der Waals surface area contributed by atoms with E-state index in [0.29, 0.717) is 5.92 Å². The van der Waals surface area contributed by atoms with Crippen molar-refractivity contribution in [2.75, 3.05) is 19.6 Å². The topological polar surface area (TPSA) is 3.24 Å². The monoisotopic (exact) mass is 251 g/mol. The molecule has 0 amide bonds. The van der Waals surface area contributed by atoms with Gasteiger partial charge in [-0.15, -0.1) is 11.6 Å². The molecule has 1 aromatic carbocycles. The first-order valence-electron chi connectivity index (χ1n) is 6.72. The van der Waals surface area contributed by atoms with Crippen LogP contribution in [0.5, 0.6) is 0 Å². The molecule has 2 heteroatoms. The molecule has 1 heterocycles. The summed E-state index contributed by atoms with van der Waals surface area (Å²) in [4.78, 5) is 2.51. The lowest BCUT2D eigenvalue weighted by Gasteiger charge is -2.35. The van der Waals surface area contributed by atoms with Crippen LogP contribution < -0.4 is 0 Å². The van der Waals surface area contributed by atoms with Gasteiger partial charge >= 0.3 is 0 Å². The highest BCUT2D eigenvalue weighted by Crippen LogP contribution is 2.31. The van der Waals surface area contributed by atoms with Crippen LogP contribution in [0, 0.1) is 0 Å². The van der Waals surface area contributed by atoms with E-state index in [1.807, 2.05) is 0 Å². The average Bonchev–Trinajstić information content (AvgIpc) is 2.37. The van der Waals surface area contributed by atoms with Crippen LogP contribution in [0.2, 0.25) is 0 Å². The summed E-state index contributed by atoms with van der Waals surface area (Å²) in [7, 11) is 0. The molecule has 0 aliphatic carbocycles. The molecule has 0 radical (unpaired) electrons. The Hall–Kier alpha value is -0.530. The van der Waals surface area contributed by atoms with Gasteiger partial charge in [0, 0.05) is 12.5 Å². The summed E-state index contributed by atoms with van der Waals surface area (Å²) < 4.78 is 0. The third-order valence-electron chi connectivity index (χ3n) is 3.68. The molecule has 0 aromatic heterocycles. The molecule has 2 atom stereocenters. The number of rotatable bonds is 4. The van der Waals surface area contributed by atoms with E-state index >= 15 is 0 Å². The lowest BCUT2D eigenvalue weighted by atomic mass is 9.89. The van der Waals surface area contributed by atoms with Crippen molar-refractivity contribution >= 4 is 11.6 Å². The minimum absolute atomic E-state index is 0.267. The Morgan fingerprint density at radius 1 is 1.29 bits per heavy atom. The number of likely N-dealkylation sites (tertiary alicyclic amines) is 1. The lowest BCUT2D eigenvalue weighted by molar-refractivity contribution is 0.213. The molecule has 1 nitrogen and oxygen atoms in total. The van der Waals surface area contributed by atoms with Gasteiger partial charge in [-0.3, -0.25) is 0 Å². The van der Waals surface area contributed by atoms with Crippen molar-refractivity contribution in [1.29, 1.82) is 0 Å². The standard InChI is InChI=1S/C15H22ClN/c1-2-3-10-17-11-9-14(15(16)12-17)13-7-5-4-6-8-13/h4-8,14-15H,2-3,9-12H2,1H3. The first-order chi connectivity index (χ1) is 8.31. The molecular formula is C15H22ClN. The molecule has 17 heavy (non-hydrogen) atoms. The molecule has 2 rings (SSSR count). The second kappa shape index (κ2) is 6.42. The summed E-state index contributed by atoms with van der Waals surface area (Å²) in [6.07, 6.45) is 3.76.